The zero-order valence-corrected chi connectivity index (χ0v) is 23.5. The molecule has 6 aromatic heterocycles. The second-order valence-corrected chi connectivity index (χ2v) is 11.3. The fraction of sp³-hybridized carbons (Fsp3) is 0.0345. The Labute approximate surface area is 242 Å². The lowest BCUT2D eigenvalue weighted by Gasteiger charge is -2.06. The lowest BCUT2D eigenvalue weighted by Crippen LogP contribution is -2.04. The minimum Gasteiger partial charge on any atom is -0.292 e. The molecule has 40 heavy (non-hydrogen) atoms. The highest BCUT2D eigenvalue weighted by molar-refractivity contribution is 8.27. The standard InChI is InChI=1S/C29H20N8S3/c1-31-28(39-26(30)22-12-6-10-20(34-22)18-8-2-4-16-32-18)24-14-15-25(38-24)29-37-36-27(40-29)23-13-7-11-21(35-23)19-9-3-5-17-33-19/h2-17,30H,1H3/b30-26?,31-28-. The smallest absolute Gasteiger partial charge is 0.166 e. The summed E-state index contributed by atoms with van der Waals surface area (Å²) < 4.78 is 0. The maximum Gasteiger partial charge on any atom is 0.166 e. The summed E-state index contributed by atoms with van der Waals surface area (Å²) in [6.07, 6.45) is 3.49. The van der Waals surface area contributed by atoms with Gasteiger partial charge in [-0.3, -0.25) is 20.4 Å². The fourth-order valence-electron chi connectivity index (χ4n) is 3.78. The van der Waals surface area contributed by atoms with Crippen molar-refractivity contribution >= 4 is 44.5 Å². The summed E-state index contributed by atoms with van der Waals surface area (Å²) in [5.41, 5.74) is 4.42. The Bertz CT molecular complexity index is 1810. The summed E-state index contributed by atoms with van der Waals surface area (Å²) in [6, 6.07) is 26.9. The van der Waals surface area contributed by atoms with Crippen LogP contribution in [-0.4, -0.2) is 47.3 Å². The number of thioether (sulfide) groups is 1. The van der Waals surface area contributed by atoms with Gasteiger partial charge in [-0.05, 0) is 72.4 Å². The fourth-order valence-corrected chi connectivity index (χ4v) is 6.50. The minimum atomic E-state index is 0.311. The van der Waals surface area contributed by atoms with E-state index in [0.29, 0.717) is 10.7 Å². The molecule has 194 valence electrons. The van der Waals surface area contributed by atoms with E-state index in [-0.39, 0.29) is 0 Å². The molecule has 0 spiro atoms. The number of nitrogens with one attached hydrogen (secondary N) is 1. The number of aromatic nitrogens is 6. The topological polar surface area (TPSA) is 114 Å². The van der Waals surface area contributed by atoms with Crippen LogP contribution in [0.5, 0.6) is 0 Å². The van der Waals surface area contributed by atoms with Gasteiger partial charge in [0.2, 0.25) is 0 Å². The van der Waals surface area contributed by atoms with Crippen molar-refractivity contribution < 1.29 is 0 Å². The number of nitrogens with zero attached hydrogens (tertiary/aromatic N) is 7. The summed E-state index contributed by atoms with van der Waals surface area (Å²) in [6.45, 7) is 0. The SMILES string of the molecule is C/N=C(\SC(=N)c1cccc(-c2ccccn2)n1)c1ccc(-c2nnc(-c3cccc(-c4ccccn4)n3)s2)s1. The molecule has 0 aliphatic heterocycles. The Kier molecular flexibility index (Phi) is 7.58. The lowest BCUT2D eigenvalue weighted by molar-refractivity contribution is 1.09. The molecule has 0 saturated carbocycles. The molecule has 0 bridgehead atoms. The Morgan fingerprint density at radius 3 is 2.02 bits per heavy atom. The van der Waals surface area contributed by atoms with Crippen LogP contribution >= 0.6 is 34.4 Å². The molecular weight excluding hydrogens is 557 g/mol. The largest absolute Gasteiger partial charge is 0.292 e. The average Bonchev–Trinajstić information content (AvgIpc) is 3.72. The van der Waals surface area contributed by atoms with E-state index in [2.05, 4.69) is 30.1 Å². The van der Waals surface area contributed by atoms with Crippen molar-refractivity contribution in [3.63, 3.8) is 0 Å². The molecule has 6 heterocycles. The highest BCUT2D eigenvalue weighted by Crippen LogP contribution is 2.35. The van der Waals surface area contributed by atoms with Gasteiger partial charge in [0.1, 0.15) is 15.8 Å². The van der Waals surface area contributed by atoms with E-state index < -0.39 is 0 Å². The van der Waals surface area contributed by atoms with Gasteiger partial charge in [0, 0.05) is 19.4 Å². The van der Waals surface area contributed by atoms with Crippen LogP contribution < -0.4 is 0 Å². The molecule has 0 aliphatic rings. The molecule has 0 amide bonds. The second-order valence-electron chi connectivity index (χ2n) is 8.28. The normalized spacial score (nSPS) is 11.5. The van der Waals surface area contributed by atoms with Crippen molar-refractivity contribution in [1.29, 1.82) is 5.41 Å². The van der Waals surface area contributed by atoms with E-state index in [1.807, 2.05) is 84.9 Å². The Morgan fingerprint density at radius 1 is 0.675 bits per heavy atom. The molecule has 6 aromatic rings. The average molecular weight is 577 g/mol. The predicted molar refractivity (Wildman–Crippen MR) is 164 cm³/mol. The summed E-state index contributed by atoms with van der Waals surface area (Å²) in [4.78, 5) is 24.5. The van der Waals surface area contributed by atoms with Crippen LogP contribution in [0.4, 0.5) is 0 Å². The van der Waals surface area contributed by atoms with Gasteiger partial charge in [0.05, 0.1) is 38.2 Å². The highest BCUT2D eigenvalue weighted by Gasteiger charge is 2.17. The first-order chi connectivity index (χ1) is 19.7. The number of rotatable bonds is 6. The molecule has 0 aromatic carbocycles. The summed E-state index contributed by atoms with van der Waals surface area (Å²) in [7, 11) is 1.73. The van der Waals surface area contributed by atoms with E-state index in [1.54, 1.807) is 30.8 Å². The van der Waals surface area contributed by atoms with Crippen molar-refractivity contribution in [2.24, 2.45) is 4.99 Å². The molecule has 1 N–H and O–H groups in total. The molecule has 0 radical (unpaired) electrons. The van der Waals surface area contributed by atoms with Crippen molar-refractivity contribution in [3.8, 4) is 43.4 Å². The molecule has 11 heteroatoms. The molecule has 0 aliphatic carbocycles. The van der Waals surface area contributed by atoms with Gasteiger partial charge in [0.15, 0.2) is 10.0 Å². The summed E-state index contributed by atoms with van der Waals surface area (Å²) in [5, 5.41) is 20.1. The van der Waals surface area contributed by atoms with Crippen LogP contribution in [0.2, 0.25) is 0 Å². The highest BCUT2D eigenvalue weighted by atomic mass is 32.2. The number of hydrogen-bond acceptors (Lipinski definition) is 11. The van der Waals surface area contributed by atoms with Crippen molar-refractivity contribution in [2.45, 2.75) is 0 Å². The third kappa shape index (κ3) is 5.62. The van der Waals surface area contributed by atoms with E-state index in [9.17, 15) is 0 Å². The first kappa shape index (κ1) is 25.8. The maximum atomic E-state index is 8.69. The minimum absolute atomic E-state index is 0.311. The number of aliphatic imine (C=N–C) groups is 1. The van der Waals surface area contributed by atoms with Gasteiger partial charge in [0.25, 0.3) is 0 Å². The number of hydrogen-bond donors (Lipinski definition) is 1. The molecule has 0 saturated heterocycles. The van der Waals surface area contributed by atoms with E-state index in [4.69, 9.17) is 10.4 Å². The third-order valence-corrected chi connectivity index (χ3v) is 9.00. The van der Waals surface area contributed by atoms with Gasteiger partial charge in [-0.1, -0.05) is 35.6 Å². The van der Waals surface area contributed by atoms with Crippen molar-refractivity contribution in [1.82, 2.24) is 30.1 Å². The Morgan fingerprint density at radius 2 is 1.32 bits per heavy atom. The van der Waals surface area contributed by atoms with Gasteiger partial charge in [-0.15, -0.1) is 21.5 Å². The number of pyridine rings is 4. The molecule has 8 nitrogen and oxygen atoms in total. The zero-order valence-electron chi connectivity index (χ0n) is 21.1. The van der Waals surface area contributed by atoms with Crippen LogP contribution in [-0.2, 0) is 0 Å². The van der Waals surface area contributed by atoms with Crippen LogP contribution in [0.1, 0.15) is 10.6 Å². The van der Waals surface area contributed by atoms with E-state index in [0.717, 1.165) is 53.3 Å². The van der Waals surface area contributed by atoms with Crippen molar-refractivity contribution in [3.05, 3.63) is 108 Å². The Hall–Kier alpha value is -4.45. The predicted octanol–water partition coefficient (Wildman–Crippen LogP) is 6.98. The van der Waals surface area contributed by atoms with Crippen LogP contribution in [0, 0.1) is 5.41 Å². The zero-order chi connectivity index (χ0) is 27.3. The molecule has 0 atom stereocenters. The molecule has 0 unspecified atom stereocenters. The van der Waals surface area contributed by atoms with Crippen molar-refractivity contribution in [2.75, 3.05) is 7.05 Å². The molecule has 0 fully saturated rings. The van der Waals surface area contributed by atoms with Crippen LogP contribution in [0.25, 0.3) is 43.4 Å². The first-order valence-electron chi connectivity index (χ1n) is 12.1. The monoisotopic (exact) mass is 576 g/mol. The maximum absolute atomic E-state index is 8.69. The van der Waals surface area contributed by atoms with E-state index in [1.165, 1.54) is 23.1 Å². The lowest BCUT2D eigenvalue weighted by atomic mass is 10.2. The molecular formula is C29H20N8S3. The quantitative estimate of drug-likeness (QED) is 0.168. The molecule has 6 rings (SSSR count). The second kappa shape index (κ2) is 11.7. The van der Waals surface area contributed by atoms with Gasteiger partial charge < -0.3 is 0 Å². The number of thiophene rings is 1. The summed E-state index contributed by atoms with van der Waals surface area (Å²) in [5.74, 6) is 0. The van der Waals surface area contributed by atoms with Gasteiger partial charge in [-0.25, -0.2) is 9.97 Å². The summed E-state index contributed by atoms with van der Waals surface area (Å²) >= 11 is 4.33. The van der Waals surface area contributed by atoms with Crippen LogP contribution in [0.15, 0.2) is 102 Å². The third-order valence-electron chi connectivity index (χ3n) is 5.66. The Balaban J connectivity index is 1.19. The van der Waals surface area contributed by atoms with Crippen LogP contribution in [0.3, 0.4) is 0 Å². The first-order valence-corrected chi connectivity index (χ1v) is 14.6. The van der Waals surface area contributed by atoms with E-state index >= 15 is 0 Å². The van der Waals surface area contributed by atoms with Gasteiger partial charge in [-0.2, -0.15) is 0 Å². The van der Waals surface area contributed by atoms with Gasteiger partial charge >= 0.3 is 0 Å².